The van der Waals surface area contributed by atoms with E-state index in [2.05, 4.69) is 28.1 Å². The summed E-state index contributed by atoms with van der Waals surface area (Å²) in [5.74, 6) is 0.179. The molecule has 29 heavy (non-hydrogen) atoms. The zero-order valence-electron chi connectivity index (χ0n) is 16.8. The number of benzene rings is 1. The van der Waals surface area contributed by atoms with Gasteiger partial charge in [-0.1, -0.05) is 36.4 Å². The van der Waals surface area contributed by atoms with Crippen LogP contribution in [0.25, 0.3) is 0 Å². The van der Waals surface area contributed by atoms with Crippen LogP contribution in [0.4, 0.5) is 0 Å². The third-order valence-electron chi connectivity index (χ3n) is 5.71. The molecule has 2 saturated heterocycles. The zero-order valence-corrected chi connectivity index (χ0v) is 16.8. The number of rotatable bonds is 6. The summed E-state index contributed by atoms with van der Waals surface area (Å²) in [6, 6.07) is 14.1. The van der Waals surface area contributed by atoms with Gasteiger partial charge in [-0.15, -0.1) is 0 Å². The second kappa shape index (κ2) is 9.96. The lowest BCUT2D eigenvalue weighted by molar-refractivity contribution is -0.149. The largest absolute Gasteiger partial charge is 0.379 e. The lowest BCUT2D eigenvalue weighted by Crippen LogP contribution is -2.53. The van der Waals surface area contributed by atoms with Crippen LogP contribution < -0.4 is 0 Å². The Kier molecular flexibility index (Phi) is 6.87. The van der Waals surface area contributed by atoms with E-state index in [0.717, 1.165) is 44.8 Å². The number of amides is 1. The molecule has 6 nitrogen and oxygen atoms in total. The van der Waals surface area contributed by atoms with Gasteiger partial charge in [-0.05, 0) is 23.6 Å². The van der Waals surface area contributed by atoms with Gasteiger partial charge in [-0.25, -0.2) is 0 Å². The van der Waals surface area contributed by atoms with Crippen molar-refractivity contribution >= 4 is 5.91 Å². The first-order chi connectivity index (χ1) is 14.3. The predicted octanol–water partition coefficient (Wildman–Crippen LogP) is 2.32. The highest BCUT2D eigenvalue weighted by Crippen LogP contribution is 2.31. The maximum atomic E-state index is 13.2. The molecule has 0 radical (unpaired) electrons. The Hall–Kier alpha value is -2.28. The number of carbonyl (C=O) groups excluding carboxylic acids is 1. The smallest absolute Gasteiger partial charge is 0.223 e. The van der Waals surface area contributed by atoms with E-state index in [1.807, 2.05) is 35.4 Å². The monoisotopic (exact) mass is 395 g/mol. The topological polar surface area (TPSA) is 54.9 Å². The molecule has 2 aliphatic rings. The standard InChI is InChI=1S/C23H29N3O3/c27-22(9-8-19-5-2-1-3-6-19)26-13-16-29-21(18-25-11-14-28-15-12-25)23(26)20-7-4-10-24-17-20/h1-7,10,17,21,23H,8-9,11-16,18H2/t21-,23-/m0/s1. The summed E-state index contributed by atoms with van der Waals surface area (Å²) >= 11 is 0. The van der Waals surface area contributed by atoms with Crippen molar-refractivity contribution in [3.8, 4) is 0 Å². The Balaban J connectivity index is 1.49. The molecule has 1 aromatic heterocycles. The molecule has 0 unspecified atom stereocenters. The van der Waals surface area contributed by atoms with E-state index in [9.17, 15) is 4.79 Å². The molecule has 2 atom stereocenters. The van der Waals surface area contributed by atoms with Crippen molar-refractivity contribution < 1.29 is 14.3 Å². The van der Waals surface area contributed by atoms with Crippen LogP contribution in [0, 0.1) is 0 Å². The molecular formula is C23H29N3O3. The Labute approximate surface area is 172 Å². The number of aryl methyl sites for hydroxylation is 1. The molecule has 0 spiro atoms. The third-order valence-corrected chi connectivity index (χ3v) is 5.71. The van der Waals surface area contributed by atoms with Crippen LogP contribution in [0.15, 0.2) is 54.9 Å². The fourth-order valence-corrected chi connectivity index (χ4v) is 4.19. The third kappa shape index (κ3) is 5.21. The molecule has 4 rings (SSSR count). The summed E-state index contributed by atoms with van der Waals surface area (Å²) in [5, 5.41) is 0. The van der Waals surface area contributed by atoms with E-state index in [-0.39, 0.29) is 18.1 Å². The molecule has 1 amide bonds. The zero-order chi connectivity index (χ0) is 19.9. The number of hydrogen-bond donors (Lipinski definition) is 0. The van der Waals surface area contributed by atoms with Crippen LogP contribution in [0.2, 0.25) is 0 Å². The lowest BCUT2D eigenvalue weighted by Gasteiger charge is -2.43. The van der Waals surface area contributed by atoms with Crippen LogP contribution in [-0.2, 0) is 20.7 Å². The molecule has 6 heteroatoms. The fraction of sp³-hybridized carbons (Fsp3) is 0.478. The summed E-state index contributed by atoms with van der Waals surface area (Å²) in [5.41, 5.74) is 2.23. The summed E-state index contributed by atoms with van der Waals surface area (Å²) in [6.07, 6.45) is 4.83. The van der Waals surface area contributed by atoms with Crippen LogP contribution in [0.1, 0.15) is 23.6 Å². The van der Waals surface area contributed by atoms with Crippen LogP contribution in [-0.4, -0.2) is 72.8 Å². The van der Waals surface area contributed by atoms with Crippen LogP contribution >= 0.6 is 0 Å². The van der Waals surface area contributed by atoms with E-state index in [1.54, 1.807) is 6.20 Å². The van der Waals surface area contributed by atoms with E-state index in [1.165, 1.54) is 5.56 Å². The second-order valence-corrected chi connectivity index (χ2v) is 7.63. The van der Waals surface area contributed by atoms with Crippen molar-refractivity contribution in [2.45, 2.75) is 25.0 Å². The first-order valence-electron chi connectivity index (χ1n) is 10.5. The average Bonchev–Trinajstić information content (AvgIpc) is 2.79. The summed E-state index contributed by atoms with van der Waals surface area (Å²) in [7, 11) is 0. The van der Waals surface area contributed by atoms with Gasteiger partial charge in [-0.3, -0.25) is 14.7 Å². The molecule has 0 bridgehead atoms. The SMILES string of the molecule is O=C(CCc1ccccc1)N1CCO[C@@H](CN2CCOCC2)[C@@H]1c1cccnc1. The maximum Gasteiger partial charge on any atom is 0.223 e. The number of pyridine rings is 1. The Morgan fingerprint density at radius 1 is 1.03 bits per heavy atom. The summed E-state index contributed by atoms with van der Waals surface area (Å²) in [6.45, 7) is 5.30. The highest BCUT2D eigenvalue weighted by Gasteiger charge is 2.37. The summed E-state index contributed by atoms with van der Waals surface area (Å²) < 4.78 is 11.7. The van der Waals surface area contributed by atoms with Gasteiger partial charge in [0, 0.05) is 45.0 Å². The Morgan fingerprint density at radius 2 is 1.86 bits per heavy atom. The maximum absolute atomic E-state index is 13.2. The molecule has 2 fully saturated rings. The number of morpholine rings is 2. The quantitative estimate of drug-likeness (QED) is 0.751. The molecule has 1 aromatic carbocycles. The highest BCUT2D eigenvalue weighted by atomic mass is 16.5. The van der Waals surface area contributed by atoms with Crippen molar-refractivity contribution in [2.24, 2.45) is 0 Å². The van der Waals surface area contributed by atoms with Gasteiger partial charge in [-0.2, -0.15) is 0 Å². The predicted molar refractivity (Wildman–Crippen MR) is 110 cm³/mol. The van der Waals surface area contributed by atoms with Gasteiger partial charge in [0.1, 0.15) is 0 Å². The van der Waals surface area contributed by atoms with Crippen molar-refractivity contribution in [3.63, 3.8) is 0 Å². The van der Waals surface area contributed by atoms with Gasteiger partial charge in [0.25, 0.3) is 0 Å². The highest BCUT2D eigenvalue weighted by molar-refractivity contribution is 5.77. The van der Waals surface area contributed by atoms with Gasteiger partial charge < -0.3 is 14.4 Å². The number of ether oxygens (including phenoxy) is 2. The normalized spacial score (nSPS) is 23.1. The summed E-state index contributed by atoms with van der Waals surface area (Å²) in [4.78, 5) is 21.9. The molecule has 0 N–H and O–H groups in total. The number of nitrogens with zero attached hydrogens (tertiary/aromatic N) is 3. The minimum absolute atomic E-state index is 0.0632. The van der Waals surface area contributed by atoms with Gasteiger partial charge in [0.05, 0.1) is 32.0 Å². The Morgan fingerprint density at radius 3 is 2.62 bits per heavy atom. The first-order valence-corrected chi connectivity index (χ1v) is 10.5. The molecule has 0 aliphatic carbocycles. The van der Waals surface area contributed by atoms with Crippen molar-refractivity contribution in [2.75, 3.05) is 46.0 Å². The van der Waals surface area contributed by atoms with Crippen LogP contribution in [0.5, 0.6) is 0 Å². The van der Waals surface area contributed by atoms with Crippen molar-refractivity contribution in [1.82, 2.24) is 14.8 Å². The molecular weight excluding hydrogens is 366 g/mol. The molecule has 2 aromatic rings. The van der Waals surface area contributed by atoms with Crippen LogP contribution in [0.3, 0.4) is 0 Å². The Bertz CT molecular complexity index is 765. The van der Waals surface area contributed by atoms with Gasteiger partial charge in [0.15, 0.2) is 0 Å². The van der Waals surface area contributed by atoms with Gasteiger partial charge in [0.2, 0.25) is 5.91 Å². The van der Waals surface area contributed by atoms with E-state index in [4.69, 9.17) is 9.47 Å². The minimum atomic E-state index is -0.108. The fourth-order valence-electron chi connectivity index (χ4n) is 4.19. The second-order valence-electron chi connectivity index (χ2n) is 7.63. The van der Waals surface area contributed by atoms with E-state index in [0.29, 0.717) is 19.6 Å². The first kappa shape index (κ1) is 20.0. The lowest BCUT2D eigenvalue weighted by atomic mass is 9.97. The minimum Gasteiger partial charge on any atom is -0.379 e. The number of aromatic nitrogens is 1. The molecule has 0 saturated carbocycles. The molecule has 154 valence electrons. The molecule has 2 aliphatic heterocycles. The van der Waals surface area contributed by atoms with E-state index < -0.39 is 0 Å². The van der Waals surface area contributed by atoms with Crippen molar-refractivity contribution in [3.05, 3.63) is 66.0 Å². The van der Waals surface area contributed by atoms with Gasteiger partial charge >= 0.3 is 0 Å². The number of hydrogen-bond acceptors (Lipinski definition) is 5. The number of carbonyl (C=O) groups is 1. The molecule has 3 heterocycles. The van der Waals surface area contributed by atoms with Crippen molar-refractivity contribution in [1.29, 1.82) is 0 Å². The van der Waals surface area contributed by atoms with E-state index >= 15 is 0 Å². The average molecular weight is 396 g/mol.